The number of aromatic nitrogens is 2. The molecule has 3 nitrogen and oxygen atoms in total. The van der Waals surface area contributed by atoms with Crippen LogP contribution in [0.5, 0.6) is 0 Å². The van der Waals surface area contributed by atoms with Gasteiger partial charge >= 0.3 is 0 Å². The number of nitriles is 1. The Morgan fingerprint density at radius 1 is 1.82 bits per heavy atom. The van der Waals surface area contributed by atoms with Gasteiger partial charge in [-0.25, -0.2) is 0 Å². The predicted octanol–water partition coefficient (Wildman–Crippen LogP) is 1.73. The van der Waals surface area contributed by atoms with Crippen LogP contribution in [0.25, 0.3) is 0 Å². The van der Waals surface area contributed by atoms with Gasteiger partial charge in [0.2, 0.25) is 0 Å². The fourth-order valence-electron chi connectivity index (χ4n) is 0.824. The van der Waals surface area contributed by atoms with Crippen LogP contribution in [0.2, 0.25) is 0 Å². The average Bonchev–Trinajstić information content (AvgIpc) is 2.50. The van der Waals surface area contributed by atoms with Crippen LogP contribution in [-0.4, -0.2) is 9.78 Å². The van der Waals surface area contributed by atoms with E-state index in [2.05, 4.69) is 18.9 Å². The summed E-state index contributed by atoms with van der Waals surface area (Å²) in [7, 11) is 0. The van der Waals surface area contributed by atoms with Gasteiger partial charge in [-0.3, -0.25) is 4.68 Å². The Hall–Kier alpha value is -1.30. The van der Waals surface area contributed by atoms with Gasteiger partial charge in [0, 0.05) is 12.2 Å². The van der Waals surface area contributed by atoms with E-state index in [9.17, 15) is 0 Å². The zero-order valence-electron chi connectivity index (χ0n) is 6.78. The Morgan fingerprint density at radius 3 is 3.00 bits per heavy atom. The lowest BCUT2D eigenvalue weighted by molar-refractivity contribution is 0.478. The van der Waals surface area contributed by atoms with E-state index >= 15 is 0 Å². The van der Waals surface area contributed by atoms with E-state index in [1.54, 1.807) is 12.4 Å². The molecule has 0 saturated carbocycles. The van der Waals surface area contributed by atoms with Gasteiger partial charge in [0.1, 0.15) is 6.07 Å². The Balaban J connectivity index is 2.82. The molecule has 1 heterocycles. The maximum absolute atomic E-state index is 8.50. The minimum absolute atomic E-state index is 0.386. The second-order valence-electron chi connectivity index (χ2n) is 2.58. The van der Waals surface area contributed by atoms with E-state index in [0.29, 0.717) is 11.6 Å². The van der Waals surface area contributed by atoms with E-state index in [0.717, 1.165) is 6.42 Å². The van der Waals surface area contributed by atoms with Crippen LogP contribution in [0, 0.1) is 11.3 Å². The first kappa shape index (κ1) is 7.80. The van der Waals surface area contributed by atoms with E-state index in [1.807, 2.05) is 10.8 Å². The van der Waals surface area contributed by atoms with Gasteiger partial charge in [0.05, 0.1) is 11.8 Å². The molecule has 0 aliphatic heterocycles. The second kappa shape index (κ2) is 3.20. The minimum Gasteiger partial charge on any atom is -0.269 e. The van der Waals surface area contributed by atoms with Crippen LogP contribution in [0.1, 0.15) is 31.9 Å². The van der Waals surface area contributed by atoms with Gasteiger partial charge in [0.15, 0.2) is 0 Å². The van der Waals surface area contributed by atoms with Crippen LogP contribution in [0.3, 0.4) is 0 Å². The van der Waals surface area contributed by atoms with Crippen molar-refractivity contribution in [1.82, 2.24) is 9.78 Å². The smallest absolute Gasteiger partial charge is 0.102 e. The average molecular weight is 149 g/mol. The van der Waals surface area contributed by atoms with Crippen molar-refractivity contribution in [2.24, 2.45) is 0 Å². The Morgan fingerprint density at radius 2 is 2.55 bits per heavy atom. The van der Waals surface area contributed by atoms with Crippen molar-refractivity contribution in [3.8, 4) is 6.07 Å². The first-order valence-electron chi connectivity index (χ1n) is 3.72. The van der Waals surface area contributed by atoms with Gasteiger partial charge in [-0.2, -0.15) is 10.4 Å². The first-order valence-corrected chi connectivity index (χ1v) is 3.72. The lowest BCUT2D eigenvalue weighted by Gasteiger charge is -2.06. The zero-order chi connectivity index (χ0) is 8.27. The summed E-state index contributed by atoms with van der Waals surface area (Å²) in [5, 5.41) is 12.6. The van der Waals surface area contributed by atoms with Crippen molar-refractivity contribution >= 4 is 0 Å². The molecule has 0 amide bonds. The molecule has 0 bridgehead atoms. The van der Waals surface area contributed by atoms with Crippen LogP contribution in [-0.2, 0) is 0 Å². The van der Waals surface area contributed by atoms with Gasteiger partial charge in [0.25, 0.3) is 0 Å². The molecule has 1 atom stereocenters. The van der Waals surface area contributed by atoms with Crippen molar-refractivity contribution in [2.45, 2.75) is 26.3 Å². The molecule has 0 N–H and O–H groups in total. The van der Waals surface area contributed by atoms with Crippen LogP contribution in [0.4, 0.5) is 0 Å². The fourth-order valence-corrected chi connectivity index (χ4v) is 0.824. The Bertz CT molecular complexity index is 269. The predicted molar refractivity (Wildman–Crippen MR) is 41.9 cm³/mol. The molecule has 1 aromatic heterocycles. The standard InChI is InChI=1S/C8H11N3/c1-3-7(2)11-6-8(4-9)5-10-11/h5-7H,3H2,1-2H3. The largest absolute Gasteiger partial charge is 0.269 e. The highest BCUT2D eigenvalue weighted by Crippen LogP contribution is 2.08. The summed E-state index contributed by atoms with van der Waals surface area (Å²) in [6, 6.07) is 2.43. The van der Waals surface area contributed by atoms with E-state index in [-0.39, 0.29) is 0 Å². The minimum atomic E-state index is 0.386. The van der Waals surface area contributed by atoms with Gasteiger partial charge < -0.3 is 0 Å². The summed E-state index contributed by atoms with van der Waals surface area (Å²) in [6.45, 7) is 4.17. The molecule has 0 aromatic carbocycles. The number of rotatable bonds is 2. The van der Waals surface area contributed by atoms with Gasteiger partial charge in [-0.1, -0.05) is 6.92 Å². The summed E-state index contributed by atoms with van der Waals surface area (Å²) in [5.41, 5.74) is 0.630. The maximum atomic E-state index is 8.50. The number of hydrogen-bond donors (Lipinski definition) is 0. The zero-order valence-corrected chi connectivity index (χ0v) is 6.78. The molecule has 0 aliphatic carbocycles. The monoisotopic (exact) mass is 149 g/mol. The lowest BCUT2D eigenvalue weighted by Crippen LogP contribution is -2.03. The summed E-state index contributed by atoms with van der Waals surface area (Å²) < 4.78 is 1.82. The number of nitrogens with zero attached hydrogens (tertiary/aromatic N) is 3. The highest BCUT2D eigenvalue weighted by molar-refractivity contribution is 5.21. The summed E-state index contributed by atoms with van der Waals surface area (Å²) >= 11 is 0. The molecule has 0 spiro atoms. The molecule has 58 valence electrons. The first-order chi connectivity index (χ1) is 5.27. The van der Waals surface area contributed by atoms with Crippen LogP contribution < -0.4 is 0 Å². The third kappa shape index (κ3) is 1.58. The van der Waals surface area contributed by atoms with Crippen molar-refractivity contribution in [3.05, 3.63) is 18.0 Å². The highest BCUT2D eigenvalue weighted by atomic mass is 15.3. The summed E-state index contributed by atoms with van der Waals surface area (Å²) in [4.78, 5) is 0. The van der Waals surface area contributed by atoms with E-state index < -0.39 is 0 Å². The third-order valence-corrected chi connectivity index (χ3v) is 1.77. The molecule has 0 saturated heterocycles. The topological polar surface area (TPSA) is 41.6 Å². The van der Waals surface area contributed by atoms with E-state index in [4.69, 9.17) is 5.26 Å². The van der Waals surface area contributed by atoms with Crippen molar-refractivity contribution in [2.75, 3.05) is 0 Å². The molecule has 0 radical (unpaired) electrons. The molecule has 1 unspecified atom stereocenters. The Kier molecular flexibility index (Phi) is 2.27. The quantitative estimate of drug-likeness (QED) is 0.642. The number of hydrogen-bond acceptors (Lipinski definition) is 2. The van der Waals surface area contributed by atoms with Gasteiger partial charge in [-0.05, 0) is 13.3 Å². The molecule has 0 fully saturated rings. The molecule has 1 rings (SSSR count). The van der Waals surface area contributed by atoms with Crippen molar-refractivity contribution in [1.29, 1.82) is 5.26 Å². The Labute approximate surface area is 66.3 Å². The molecule has 11 heavy (non-hydrogen) atoms. The molecular formula is C8H11N3. The van der Waals surface area contributed by atoms with E-state index in [1.165, 1.54) is 0 Å². The summed E-state index contributed by atoms with van der Waals surface area (Å²) in [6.07, 6.45) is 4.40. The normalized spacial score (nSPS) is 12.5. The second-order valence-corrected chi connectivity index (χ2v) is 2.58. The third-order valence-electron chi connectivity index (χ3n) is 1.77. The molecular weight excluding hydrogens is 138 g/mol. The highest BCUT2D eigenvalue weighted by Gasteiger charge is 2.02. The van der Waals surface area contributed by atoms with Crippen molar-refractivity contribution < 1.29 is 0 Å². The van der Waals surface area contributed by atoms with Crippen LogP contribution in [0.15, 0.2) is 12.4 Å². The summed E-state index contributed by atoms with van der Waals surface area (Å²) in [5.74, 6) is 0. The molecule has 3 heteroatoms. The SMILES string of the molecule is CCC(C)n1cc(C#N)cn1. The molecule has 0 aliphatic rings. The fraction of sp³-hybridized carbons (Fsp3) is 0.500. The van der Waals surface area contributed by atoms with Crippen molar-refractivity contribution in [3.63, 3.8) is 0 Å². The maximum Gasteiger partial charge on any atom is 0.102 e. The molecule has 1 aromatic rings. The van der Waals surface area contributed by atoms with Crippen LogP contribution >= 0.6 is 0 Å². The lowest BCUT2D eigenvalue weighted by atomic mass is 10.3. The van der Waals surface area contributed by atoms with Gasteiger partial charge in [-0.15, -0.1) is 0 Å².